The lowest BCUT2D eigenvalue weighted by atomic mass is 10.0. The second-order valence-corrected chi connectivity index (χ2v) is 4.77. The summed E-state index contributed by atoms with van der Waals surface area (Å²) in [6, 6.07) is 2.18. The van der Waals surface area contributed by atoms with Crippen molar-refractivity contribution >= 4 is 5.84 Å². The molecule has 1 aliphatic carbocycles. The molecule has 17 heavy (non-hydrogen) atoms. The molecule has 0 aromatic heterocycles. The zero-order chi connectivity index (χ0) is 12.3. The third kappa shape index (κ3) is 2.52. The molecule has 0 spiro atoms. The van der Waals surface area contributed by atoms with Gasteiger partial charge in [0.2, 0.25) is 0 Å². The number of nitrogens with one attached hydrogen (secondary N) is 1. The molecular formula is C12H19N5. The molecule has 0 amide bonds. The van der Waals surface area contributed by atoms with E-state index in [4.69, 9.17) is 16.7 Å². The number of hydrogen-bond acceptors (Lipinski definition) is 5. The first-order valence-corrected chi connectivity index (χ1v) is 6.15. The van der Waals surface area contributed by atoms with E-state index < -0.39 is 0 Å². The first kappa shape index (κ1) is 11.8. The average Bonchev–Trinajstić information content (AvgIpc) is 2.94. The van der Waals surface area contributed by atoms with Gasteiger partial charge in [0, 0.05) is 6.54 Å². The van der Waals surface area contributed by atoms with Crippen molar-refractivity contribution in [2.24, 2.45) is 28.3 Å². The Bertz CT molecular complexity index is 384. The summed E-state index contributed by atoms with van der Waals surface area (Å²) < 4.78 is 0. The van der Waals surface area contributed by atoms with Gasteiger partial charge in [-0.05, 0) is 18.8 Å². The van der Waals surface area contributed by atoms with Crippen LogP contribution in [0.4, 0.5) is 0 Å². The Labute approximate surface area is 102 Å². The summed E-state index contributed by atoms with van der Waals surface area (Å²) in [6.07, 6.45) is 5.15. The van der Waals surface area contributed by atoms with Crippen molar-refractivity contribution in [2.75, 3.05) is 13.1 Å². The maximum atomic E-state index is 8.99. The van der Waals surface area contributed by atoms with Gasteiger partial charge in [0.25, 0.3) is 0 Å². The van der Waals surface area contributed by atoms with Crippen molar-refractivity contribution in [3.05, 3.63) is 11.4 Å². The summed E-state index contributed by atoms with van der Waals surface area (Å²) in [5.74, 6) is 1.36. The smallest absolute Gasteiger partial charge is 0.126 e. The molecule has 1 atom stereocenters. The monoisotopic (exact) mass is 233 g/mol. The van der Waals surface area contributed by atoms with Crippen molar-refractivity contribution in [3.63, 3.8) is 0 Å². The molecule has 5 nitrogen and oxygen atoms in total. The fourth-order valence-corrected chi connectivity index (χ4v) is 2.54. The molecule has 0 bridgehead atoms. The molecule has 1 heterocycles. The van der Waals surface area contributed by atoms with Crippen LogP contribution >= 0.6 is 0 Å². The molecular weight excluding hydrogens is 214 g/mol. The zero-order valence-electron chi connectivity index (χ0n) is 9.95. The number of rotatable bonds is 3. The average molecular weight is 233 g/mol. The summed E-state index contributed by atoms with van der Waals surface area (Å²) >= 11 is 0. The standard InChI is InChI=1S/C12H19N5/c13-5-9-7-17-12(15)10(9)11(14)16-6-8-3-1-2-4-8/h8-9,16H,1-4,6-7,14H2,(H2,15,17). The molecule has 0 saturated heterocycles. The van der Waals surface area contributed by atoms with Gasteiger partial charge in [0.1, 0.15) is 11.7 Å². The highest BCUT2D eigenvalue weighted by Gasteiger charge is 2.26. The van der Waals surface area contributed by atoms with Gasteiger partial charge in [-0.2, -0.15) is 5.26 Å². The summed E-state index contributed by atoms with van der Waals surface area (Å²) in [5.41, 5.74) is 12.4. The van der Waals surface area contributed by atoms with Gasteiger partial charge in [-0.25, -0.2) is 0 Å². The van der Waals surface area contributed by atoms with Gasteiger partial charge in [0.05, 0.1) is 24.1 Å². The molecule has 0 radical (unpaired) electrons. The Morgan fingerprint density at radius 3 is 2.82 bits per heavy atom. The number of nitrogens with zero attached hydrogens (tertiary/aromatic N) is 2. The Kier molecular flexibility index (Phi) is 3.52. The molecule has 1 unspecified atom stereocenters. The normalized spacial score (nSPS) is 27.7. The number of nitrogens with two attached hydrogens (primary N) is 2. The van der Waals surface area contributed by atoms with E-state index in [2.05, 4.69) is 16.4 Å². The van der Waals surface area contributed by atoms with Crippen molar-refractivity contribution in [1.29, 1.82) is 5.26 Å². The largest absolute Gasteiger partial charge is 0.385 e. The van der Waals surface area contributed by atoms with E-state index in [-0.39, 0.29) is 5.92 Å². The fraction of sp³-hybridized carbons (Fsp3) is 0.667. The Balaban J connectivity index is 1.98. The van der Waals surface area contributed by atoms with Gasteiger partial charge in [-0.3, -0.25) is 4.99 Å². The molecule has 1 fully saturated rings. The SMILES string of the molecule is N#CC1CN=C(N)C1=C(N)NCC1CCCC1. The first-order chi connectivity index (χ1) is 8.22. The molecule has 2 rings (SSSR count). The van der Waals surface area contributed by atoms with Crippen LogP contribution in [0.25, 0.3) is 0 Å². The second-order valence-electron chi connectivity index (χ2n) is 4.77. The van der Waals surface area contributed by atoms with Crippen molar-refractivity contribution in [3.8, 4) is 6.07 Å². The molecule has 0 aromatic rings. The molecule has 92 valence electrons. The highest BCUT2D eigenvalue weighted by atomic mass is 15.0. The first-order valence-electron chi connectivity index (χ1n) is 6.15. The maximum Gasteiger partial charge on any atom is 0.126 e. The van der Waals surface area contributed by atoms with E-state index in [0.29, 0.717) is 29.7 Å². The van der Waals surface area contributed by atoms with Crippen LogP contribution in [0.1, 0.15) is 25.7 Å². The quantitative estimate of drug-likeness (QED) is 0.658. The van der Waals surface area contributed by atoms with Gasteiger partial charge in [0.15, 0.2) is 0 Å². The molecule has 0 aromatic carbocycles. The summed E-state index contributed by atoms with van der Waals surface area (Å²) in [7, 11) is 0. The lowest BCUT2D eigenvalue weighted by molar-refractivity contribution is 0.514. The summed E-state index contributed by atoms with van der Waals surface area (Å²) in [4.78, 5) is 4.06. The van der Waals surface area contributed by atoms with Crippen LogP contribution < -0.4 is 16.8 Å². The van der Waals surface area contributed by atoms with Crippen LogP contribution in [0, 0.1) is 23.2 Å². The van der Waals surface area contributed by atoms with Crippen LogP contribution in [0.5, 0.6) is 0 Å². The maximum absolute atomic E-state index is 8.99. The van der Waals surface area contributed by atoms with Gasteiger partial charge in [-0.1, -0.05) is 12.8 Å². The molecule has 1 aliphatic heterocycles. The Morgan fingerprint density at radius 2 is 2.18 bits per heavy atom. The van der Waals surface area contributed by atoms with E-state index in [1.54, 1.807) is 0 Å². The van der Waals surface area contributed by atoms with Gasteiger partial charge >= 0.3 is 0 Å². The van der Waals surface area contributed by atoms with Crippen LogP contribution in [-0.2, 0) is 0 Å². The third-order valence-corrected chi connectivity index (χ3v) is 3.57. The van der Waals surface area contributed by atoms with Crippen molar-refractivity contribution < 1.29 is 0 Å². The van der Waals surface area contributed by atoms with E-state index in [9.17, 15) is 0 Å². The van der Waals surface area contributed by atoms with Crippen LogP contribution in [-0.4, -0.2) is 18.9 Å². The van der Waals surface area contributed by atoms with E-state index in [1.807, 2.05) is 0 Å². The van der Waals surface area contributed by atoms with E-state index >= 15 is 0 Å². The highest BCUT2D eigenvalue weighted by Crippen LogP contribution is 2.24. The minimum Gasteiger partial charge on any atom is -0.385 e. The zero-order valence-corrected chi connectivity index (χ0v) is 9.95. The Hall–Kier alpha value is -1.70. The Morgan fingerprint density at radius 1 is 1.47 bits per heavy atom. The topological polar surface area (TPSA) is 100 Å². The van der Waals surface area contributed by atoms with Gasteiger partial charge in [-0.15, -0.1) is 0 Å². The lowest BCUT2D eigenvalue weighted by Crippen LogP contribution is -2.31. The molecule has 5 N–H and O–H groups in total. The second kappa shape index (κ2) is 5.09. The number of nitriles is 1. The third-order valence-electron chi connectivity index (χ3n) is 3.57. The number of aliphatic imine (C=N–C) groups is 1. The van der Waals surface area contributed by atoms with E-state index in [1.165, 1.54) is 25.7 Å². The van der Waals surface area contributed by atoms with Crippen LogP contribution in [0.15, 0.2) is 16.4 Å². The summed E-state index contributed by atoms with van der Waals surface area (Å²) in [5, 5.41) is 12.2. The van der Waals surface area contributed by atoms with Crippen molar-refractivity contribution in [2.45, 2.75) is 25.7 Å². The van der Waals surface area contributed by atoms with E-state index in [0.717, 1.165) is 6.54 Å². The predicted octanol–water partition coefficient (Wildman–Crippen LogP) is 0.447. The molecule has 5 heteroatoms. The number of amidine groups is 1. The summed E-state index contributed by atoms with van der Waals surface area (Å²) in [6.45, 7) is 1.31. The van der Waals surface area contributed by atoms with Crippen LogP contribution in [0.2, 0.25) is 0 Å². The van der Waals surface area contributed by atoms with Crippen LogP contribution in [0.3, 0.4) is 0 Å². The fourth-order valence-electron chi connectivity index (χ4n) is 2.54. The lowest BCUT2D eigenvalue weighted by Gasteiger charge is -2.15. The predicted molar refractivity (Wildman–Crippen MR) is 66.8 cm³/mol. The highest BCUT2D eigenvalue weighted by molar-refractivity contribution is 6.00. The molecule has 1 saturated carbocycles. The number of hydrogen-bond donors (Lipinski definition) is 3. The minimum atomic E-state index is -0.286. The minimum absolute atomic E-state index is 0.286. The molecule has 2 aliphatic rings. The van der Waals surface area contributed by atoms with Gasteiger partial charge < -0.3 is 16.8 Å². The van der Waals surface area contributed by atoms with Crippen molar-refractivity contribution in [1.82, 2.24) is 5.32 Å².